The van der Waals surface area contributed by atoms with E-state index in [4.69, 9.17) is 18.6 Å². The third-order valence-electron chi connectivity index (χ3n) is 3.86. The van der Waals surface area contributed by atoms with E-state index in [0.29, 0.717) is 42.1 Å². The molecule has 0 bridgehead atoms. The van der Waals surface area contributed by atoms with Crippen molar-refractivity contribution in [2.24, 2.45) is 4.99 Å². The molecule has 1 aromatic heterocycles. The van der Waals surface area contributed by atoms with Crippen LogP contribution >= 0.6 is 0 Å². The van der Waals surface area contributed by atoms with Crippen LogP contribution in [0.25, 0.3) is 0 Å². The van der Waals surface area contributed by atoms with Gasteiger partial charge >= 0.3 is 0 Å². The van der Waals surface area contributed by atoms with Crippen LogP contribution in [0.2, 0.25) is 0 Å². The van der Waals surface area contributed by atoms with Gasteiger partial charge in [-0.25, -0.2) is 0 Å². The SMILES string of the molecule is CN=C(NCC(=O)NCc1ccco1)NCc1cc(OC)c(OC)c(OC)c1. The van der Waals surface area contributed by atoms with E-state index < -0.39 is 0 Å². The number of aliphatic imine (C=N–C) groups is 1. The predicted octanol–water partition coefficient (Wildman–Crippen LogP) is 1.29. The molecule has 9 heteroatoms. The number of hydrogen-bond donors (Lipinski definition) is 3. The molecule has 1 heterocycles. The highest BCUT2D eigenvalue weighted by Crippen LogP contribution is 2.38. The minimum absolute atomic E-state index is 0.0790. The molecule has 0 unspecified atom stereocenters. The maximum Gasteiger partial charge on any atom is 0.239 e. The molecule has 0 radical (unpaired) electrons. The van der Waals surface area contributed by atoms with Gasteiger partial charge in [-0.3, -0.25) is 9.79 Å². The van der Waals surface area contributed by atoms with Crippen LogP contribution in [0.4, 0.5) is 0 Å². The highest BCUT2D eigenvalue weighted by molar-refractivity contribution is 5.86. The summed E-state index contributed by atoms with van der Waals surface area (Å²) in [7, 11) is 6.32. The number of furan rings is 1. The molecule has 0 atom stereocenters. The Morgan fingerprint density at radius 3 is 2.29 bits per heavy atom. The van der Waals surface area contributed by atoms with Gasteiger partial charge in [-0.2, -0.15) is 0 Å². The zero-order chi connectivity index (χ0) is 20.4. The Balaban J connectivity index is 1.87. The van der Waals surface area contributed by atoms with Gasteiger partial charge in [0.25, 0.3) is 0 Å². The summed E-state index contributed by atoms with van der Waals surface area (Å²) in [5.41, 5.74) is 0.903. The fourth-order valence-electron chi connectivity index (χ4n) is 2.47. The molecule has 0 fully saturated rings. The fraction of sp³-hybridized carbons (Fsp3) is 0.368. The van der Waals surface area contributed by atoms with E-state index in [-0.39, 0.29) is 12.5 Å². The molecule has 9 nitrogen and oxygen atoms in total. The molecule has 0 aliphatic heterocycles. The van der Waals surface area contributed by atoms with Gasteiger partial charge in [0.2, 0.25) is 11.7 Å². The van der Waals surface area contributed by atoms with Crippen LogP contribution in [0.15, 0.2) is 39.9 Å². The average Bonchev–Trinajstić information content (AvgIpc) is 3.25. The van der Waals surface area contributed by atoms with E-state index in [1.165, 1.54) is 0 Å². The van der Waals surface area contributed by atoms with Crippen LogP contribution < -0.4 is 30.2 Å². The molecule has 0 aliphatic carbocycles. The van der Waals surface area contributed by atoms with Gasteiger partial charge in [-0.1, -0.05) is 0 Å². The van der Waals surface area contributed by atoms with E-state index in [2.05, 4.69) is 20.9 Å². The number of carbonyl (C=O) groups excluding carboxylic acids is 1. The first-order chi connectivity index (χ1) is 13.6. The summed E-state index contributed by atoms with van der Waals surface area (Å²) in [4.78, 5) is 16.0. The fourth-order valence-corrected chi connectivity index (χ4v) is 2.47. The lowest BCUT2D eigenvalue weighted by Crippen LogP contribution is -2.42. The monoisotopic (exact) mass is 390 g/mol. The van der Waals surface area contributed by atoms with Gasteiger partial charge in [-0.05, 0) is 29.8 Å². The minimum Gasteiger partial charge on any atom is -0.493 e. The van der Waals surface area contributed by atoms with Gasteiger partial charge in [0.15, 0.2) is 17.5 Å². The Hall–Kier alpha value is -3.36. The smallest absolute Gasteiger partial charge is 0.239 e. The van der Waals surface area contributed by atoms with Crippen molar-refractivity contribution in [2.75, 3.05) is 34.9 Å². The predicted molar refractivity (Wildman–Crippen MR) is 105 cm³/mol. The summed E-state index contributed by atoms with van der Waals surface area (Å²) in [5.74, 6) is 2.68. The van der Waals surface area contributed by atoms with Gasteiger partial charge in [0, 0.05) is 13.6 Å². The van der Waals surface area contributed by atoms with Crippen molar-refractivity contribution in [3.8, 4) is 17.2 Å². The lowest BCUT2D eigenvalue weighted by atomic mass is 10.2. The third kappa shape index (κ3) is 5.83. The zero-order valence-electron chi connectivity index (χ0n) is 16.5. The standard InChI is InChI=1S/C19H26N4O5/c1-20-19(23-12-17(24)21-11-14-6-5-7-28-14)22-10-13-8-15(25-2)18(27-4)16(9-13)26-3/h5-9H,10-12H2,1-4H3,(H,21,24)(H2,20,22,23). The van der Waals surface area contributed by atoms with E-state index in [0.717, 1.165) is 5.56 Å². The molecule has 1 aromatic carbocycles. The molecule has 3 N–H and O–H groups in total. The van der Waals surface area contributed by atoms with Crippen LogP contribution in [0.5, 0.6) is 17.2 Å². The zero-order valence-corrected chi connectivity index (χ0v) is 16.5. The topological polar surface area (TPSA) is 106 Å². The molecule has 1 amide bonds. The number of rotatable bonds is 9. The lowest BCUT2D eigenvalue weighted by Gasteiger charge is -2.16. The first-order valence-corrected chi connectivity index (χ1v) is 8.63. The highest BCUT2D eigenvalue weighted by Gasteiger charge is 2.13. The summed E-state index contributed by atoms with van der Waals surface area (Å²) in [6, 6.07) is 7.26. The van der Waals surface area contributed by atoms with Crippen LogP contribution in [0.3, 0.4) is 0 Å². The van der Waals surface area contributed by atoms with Crippen molar-refractivity contribution in [1.29, 1.82) is 0 Å². The number of nitrogens with one attached hydrogen (secondary N) is 3. The number of guanidine groups is 1. The normalized spacial score (nSPS) is 10.9. The molecule has 28 heavy (non-hydrogen) atoms. The average molecular weight is 390 g/mol. The molecule has 2 aromatic rings. The van der Waals surface area contributed by atoms with Crippen molar-refractivity contribution >= 4 is 11.9 Å². The first-order valence-electron chi connectivity index (χ1n) is 8.63. The molecule has 2 rings (SSSR count). The van der Waals surface area contributed by atoms with Crippen LogP contribution in [0, 0.1) is 0 Å². The third-order valence-corrected chi connectivity index (χ3v) is 3.86. The Kier molecular flexibility index (Phi) is 8.01. The second-order valence-electron chi connectivity index (χ2n) is 5.67. The summed E-state index contributed by atoms with van der Waals surface area (Å²) >= 11 is 0. The van der Waals surface area contributed by atoms with Gasteiger partial charge < -0.3 is 34.6 Å². The largest absolute Gasteiger partial charge is 0.493 e. The molecule has 0 saturated carbocycles. The molecular weight excluding hydrogens is 364 g/mol. The summed E-state index contributed by atoms with van der Waals surface area (Å²) in [6.45, 7) is 0.866. The van der Waals surface area contributed by atoms with E-state index in [1.807, 2.05) is 12.1 Å². The lowest BCUT2D eigenvalue weighted by molar-refractivity contribution is -0.120. The molecule has 0 saturated heterocycles. The van der Waals surface area contributed by atoms with Crippen molar-refractivity contribution < 1.29 is 23.4 Å². The summed E-state index contributed by atoms with van der Waals surface area (Å²) < 4.78 is 21.2. The van der Waals surface area contributed by atoms with E-state index >= 15 is 0 Å². The van der Waals surface area contributed by atoms with Crippen molar-refractivity contribution in [3.05, 3.63) is 41.9 Å². The highest BCUT2D eigenvalue weighted by atomic mass is 16.5. The van der Waals surface area contributed by atoms with Crippen LogP contribution in [-0.2, 0) is 17.9 Å². The number of ether oxygens (including phenoxy) is 3. The van der Waals surface area contributed by atoms with Crippen LogP contribution in [0.1, 0.15) is 11.3 Å². The van der Waals surface area contributed by atoms with Gasteiger partial charge in [0.05, 0.1) is 40.7 Å². The van der Waals surface area contributed by atoms with Crippen LogP contribution in [-0.4, -0.2) is 46.8 Å². The van der Waals surface area contributed by atoms with Gasteiger partial charge in [0.1, 0.15) is 5.76 Å². The van der Waals surface area contributed by atoms with Crippen molar-refractivity contribution in [3.63, 3.8) is 0 Å². The minimum atomic E-state index is -0.174. The maximum atomic E-state index is 11.9. The molecule has 152 valence electrons. The number of amides is 1. The van der Waals surface area contributed by atoms with E-state index in [1.54, 1.807) is 46.8 Å². The number of hydrogen-bond acceptors (Lipinski definition) is 6. The Morgan fingerprint density at radius 2 is 1.75 bits per heavy atom. The summed E-state index contributed by atoms with van der Waals surface area (Å²) in [5, 5.41) is 8.85. The number of carbonyl (C=O) groups is 1. The number of benzene rings is 1. The number of nitrogens with zero attached hydrogens (tertiary/aromatic N) is 1. The van der Waals surface area contributed by atoms with Gasteiger partial charge in [-0.15, -0.1) is 0 Å². The molecule has 0 spiro atoms. The summed E-state index contributed by atoms with van der Waals surface area (Å²) in [6.07, 6.45) is 1.56. The first kappa shape index (κ1) is 20.9. The van der Waals surface area contributed by atoms with Crippen molar-refractivity contribution in [2.45, 2.75) is 13.1 Å². The maximum absolute atomic E-state index is 11.9. The second-order valence-corrected chi connectivity index (χ2v) is 5.67. The number of methoxy groups -OCH3 is 3. The molecule has 0 aliphatic rings. The van der Waals surface area contributed by atoms with Crippen molar-refractivity contribution in [1.82, 2.24) is 16.0 Å². The second kappa shape index (κ2) is 10.7. The quantitative estimate of drug-likeness (QED) is 0.437. The Morgan fingerprint density at radius 1 is 1.04 bits per heavy atom. The Bertz CT molecular complexity index is 765. The molecular formula is C19H26N4O5. The Labute approximate surface area is 164 Å². The van der Waals surface area contributed by atoms with E-state index in [9.17, 15) is 4.79 Å².